The Morgan fingerprint density at radius 2 is 2.14 bits per heavy atom. The third-order valence-electron chi connectivity index (χ3n) is 3.37. The maximum Gasteiger partial charge on any atom is 0.252 e. The Morgan fingerprint density at radius 1 is 1.33 bits per heavy atom. The first kappa shape index (κ1) is 14.1. The van der Waals surface area contributed by atoms with E-state index in [2.05, 4.69) is 21.2 Å². The first-order valence-corrected chi connectivity index (χ1v) is 7.40. The van der Waals surface area contributed by atoms with E-state index in [0.29, 0.717) is 24.3 Å². The van der Waals surface area contributed by atoms with E-state index >= 15 is 0 Å². The Kier molecular flexibility index (Phi) is 3.92. The molecular formula is C16H13BrFNO2. The third-order valence-corrected chi connectivity index (χ3v) is 4.06. The van der Waals surface area contributed by atoms with Crippen molar-refractivity contribution in [1.29, 1.82) is 0 Å². The second kappa shape index (κ2) is 5.85. The van der Waals surface area contributed by atoms with Crippen molar-refractivity contribution in [2.75, 3.05) is 6.54 Å². The molecule has 0 saturated heterocycles. The highest BCUT2D eigenvalue weighted by Gasteiger charge is 2.24. The molecule has 0 spiro atoms. The zero-order valence-electron chi connectivity index (χ0n) is 11.1. The molecule has 21 heavy (non-hydrogen) atoms. The number of ether oxygens (including phenoxy) is 1. The van der Waals surface area contributed by atoms with Crippen molar-refractivity contribution in [1.82, 2.24) is 5.32 Å². The molecule has 2 aromatic rings. The first-order chi connectivity index (χ1) is 10.1. The monoisotopic (exact) mass is 349 g/mol. The van der Waals surface area contributed by atoms with Crippen LogP contribution in [0.2, 0.25) is 0 Å². The van der Waals surface area contributed by atoms with Crippen molar-refractivity contribution in [3.05, 3.63) is 63.9 Å². The van der Waals surface area contributed by atoms with Crippen LogP contribution in [0.4, 0.5) is 4.39 Å². The first-order valence-electron chi connectivity index (χ1n) is 6.61. The number of halogens is 2. The number of hydrogen-bond acceptors (Lipinski definition) is 2. The Labute approximate surface area is 130 Å². The van der Waals surface area contributed by atoms with Gasteiger partial charge in [-0.1, -0.05) is 12.1 Å². The van der Waals surface area contributed by atoms with Crippen molar-refractivity contribution >= 4 is 21.8 Å². The van der Waals surface area contributed by atoms with Crippen molar-refractivity contribution in [3.63, 3.8) is 0 Å². The fraction of sp³-hybridized carbons (Fsp3) is 0.188. The molecule has 1 N–H and O–H groups in total. The molecule has 0 aliphatic carbocycles. The van der Waals surface area contributed by atoms with E-state index < -0.39 is 0 Å². The van der Waals surface area contributed by atoms with Gasteiger partial charge in [0.15, 0.2) is 0 Å². The fourth-order valence-corrected chi connectivity index (χ4v) is 2.81. The van der Waals surface area contributed by atoms with E-state index in [-0.39, 0.29) is 17.8 Å². The van der Waals surface area contributed by atoms with E-state index in [1.165, 1.54) is 12.1 Å². The van der Waals surface area contributed by atoms with E-state index in [9.17, 15) is 9.18 Å². The highest BCUT2D eigenvalue weighted by Crippen LogP contribution is 2.29. The number of hydrogen-bond donors (Lipinski definition) is 1. The van der Waals surface area contributed by atoms with Gasteiger partial charge in [-0.05, 0) is 46.3 Å². The molecule has 3 nitrogen and oxygen atoms in total. The number of fused-ring (bicyclic) bond motifs is 1. The SMILES string of the molecule is O=C(NC[C@H]1Cc2cc(F)ccc2O1)c1ccccc1Br. The van der Waals surface area contributed by atoms with Crippen LogP contribution in [0.25, 0.3) is 0 Å². The van der Waals surface area contributed by atoms with Crippen LogP contribution in [0.15, 0.2) is 46.9 Å². The average molecular weight is 350 g/mol. The number of amides is 1. The summed E-state index contributed by atoms with van der Waals surface area (Å²) in [4.78, 5) is 12.1. The minimum atomic E-state index is -0.268. The van der Waals surface area contributed by atoms with Crippen LogP contribution in [-0.2, 0) is 6.42 Å². The number of carbonyl (C=O) groups is 1. The second-order valence-corrected chi connectivity index (χ2v) is 5.74. The van der Waals surface area contributed by atoms with Gasteiger partial charge in [-0.3, -0.25) is 4.79 Å². The summed E-state index contributed by atoms with van der Waals surface area (Å²) in [7, 11) is 0. The van der Waals surface area contributed by atoms with Gasteiger partial charge in [-0.25, -0.2) is 4.39 Å². The number of nitrogens with one attached hydrogen (secondary N) is 1. The third kappa shape index (κ3) is 3.08. The number of benzene rings is 2. The summed E-state index contributed by atoms with van der Waals surface area (Å²) in [5.74, 6) is 0.264. The van der Waals surface area contributed by atoms with Gasteiger partial charge in [0.05, 0.1) is 12.1 Å². The zero-order chi connectivity index (χ0) is 14.8. The molecular weight excluding hydrogens is 337 g/mol. The van der Waals surface area contributed by atoms with Gasteiger partial charge < -0.3 is 10.1 Å². The molecule has 0 unspecified atom stereocenters. The van der Waals surface area contributed by atoms with Crippen molar-refractivity contribution in [2.24, 2.45) is 0 Å². The summed E-state index contributed by atoms with van der Waals surface area (Å²) in [6, 6.07) is 11.7. The normalized spacial score (nSPS) is 16.2. The lowest BCUT2D eigenvalue weighted by Gasteiger charge is -2.12. The molecule has 3 rings (SSSR count). The molecule has 1 aliphatic heterocycles. The topological polar surface area (TPSA) is 38.3 Å². The summed E-state index contributed by atoms with van der Waals surface area (Å²) in [5, 5.41) is 2.84. The van der Waals surface area contributed by atoms with Gasteiger partial charge in [-0.2, -0.15) is 0 Å². The number of carbonyl (C=O) groups excluding carboxylic acids is 1. The zero-order valence-corrected chi connectivity index (χ0v) is 12.7. The Bertz CT molecular complexity index is 690. The van der Waals surface area contributed by atoms with Crippen molar-refractivity contribution in [2.45, 2.75) is 12.5 Å². The highest BCUT2D eigenvalue weighted by atomic mass is 79.9. The van der Waals surface area contributed by atoms with Crippen LogP contribution in [-0.4, -0.2) is 18.6 Å². The van der Waals surface area contributed by atoms with Crippen LogP contribution in [0.3, 0.4) is 0 Å². The predicted octanol–water partition coefficient (Wildman–Crippen LogP) is 3.32. The maximum absolute atomic E-state index is 13.1. The van der Waals surface area contributed by atoms with Gasteiger partial charge in [0.1, 0.15) is 17.7 Å². The van der Waals surface area contributed by atoms with Crippen molar-refractivity contribution < 1.29 is 13.9 Å². The van der Waals surface area contributed by atoms with Gasteiger partial charge in [0.2, 0.25) is 0 Å². The molecule has 0 fully saturated rings. The van der Waals surface area contributed by atoms with Crippen molar-refractivity contribution in [3.8, 4) is 5.75 Å². The maximum atomic E-state index is 13.1. The fourth-order valence-electron chi connectivity index (χ4n) is 2.35. The minimum absolute atomic E-state index is 0.159. The average Bonchev–Trinajstić information content (AvgIpc) is 2.87. The summed E-state index contributed by atoms with van der Waals surface area (Å²) in [6.45, 7) is 0.385. The van der Waals surface area contributed by atoms with E-state index in [1.54, 1.807) is 12.1 Å². The summed E-state index contributed by atoms with van der Waals surface area (Å²) in [5.41, 5.74) is 1.43. The lowest BCUT2D eigenvalue weighted by atomic mass is 10.1. The summed E-state index contributed by atoms with van der Waals surface area (Å²) < 4.78 is 19.6. The quantitative estimate of drug-likeness (QED) is 0.922. The number of rotatable bonds is 3. The predicted molar refractivity (Wildman–Crippen MR) is 81.0 cm³/mol. The molecule has 0 saturated carbocycles. The van der Waals surface area contributed by atoms with Gasteiger partial charge in [-0.15, -0.1) is 0 Å². The molecule has 0 radical (unpaired) electrons. The van der Waals surface area contributed by atoms with Gasteiger partial charge >= 0.3 is 0 Å². The largest absolute Gasteiger partial charge is 0.488 e. The Morgan fingerprint density at radius 3 is 2.95 bits per heavy atom. The molecule has 0 aromatic heterocycles. The smallest absolute Gasteiger partial charge is 0.252 e. The standard InChI is InChI=1S/C16H13BrFNO2/c17-14-4-2-1-3-13(14)16(20)19-9-12-8-10-7-11(18)5-6-15(10)21-12/h1-7,12H,8-9H2,(H,19,20)/t12-/m1/s1. The van der Waals surface area contributed by atoms with Crippen LogP contribution in [0.1, 0.15) is 15.9 Å². The molecule has 108 valence electrons. The molecule has 5 heteroatoms. The second-order valence-electron chi connectivity index (χ2n) is 4.89. The molecule has 1 aliphatic rings. The Hall–Kier alpha value is -1.88. The molecule has 0 bridgehead atoms. The van der Waals surface area contributed by atoms with Crippen LogP contribution in [0, 0.1) is 5.82 Å². The van der Waals surface area contributed by atoms with Crippen LogP contribution < -0.4 is 10.1 Å². The lowest BCUT2D eigenvalue weighted by molar-refractivity contribution is 0.0933. The van der Waals surface area contributed by atoms with Gasteiger partial charge in [0.25, 0.3) is 5.91 Å². The minimum Gasteiger partial charge on any atom is -0.488 e. The van der Waals surface area contributed by atoms with E-state index in [0.717, 1.165) is 10.0 Å². The highest BCUT2D eigenvalue weighted by molar-refractivity contribution is 9.10. The summed E-state index contributed by atoms with van der Waals surface area (Å²) >= 11 is 3.35. The molecule has 1 heterocycles. The molecule has 1 atom stereocenters. The van der Waals surface area contributed by atoms with E-state index in [4.69, 9.17) is 4.74 Å². The molecule has 1 amide bonds. The van der Waals surface area contributed by atoms with Crippen LogP contribution in [0.5, 0.6) is 5.75 Å². The lowest BCUT2D eigenvalue weighted by Crippen LogP contribution is -2.34. The molecule has 2 aromatic carbocycles. The Balaban J connectivity index is 1.60. The van der Waals surface area contributed by atoms with E-state index in [1.807, 2.05) is 18.2 Å². The summed E-state index contributed by atoms with van der Waals surface area (Å²) in [6.07, 6.45) is 0.441. The van der Waals surface area contributed by atoms with Gasteiger partial charge in [0, 0.05) is 16.5 Å². The van der Waals surface area contributed by atoms with Crippen LogP contribution >= 0.6 is 15.9 Å².